The van der Waals surface area contributed by atoms with E-state index in [1.165, 1.54) is 33.1 Å². The van der Waals surface area contributed by atoms with Gasteiger partial charge in [0.05, 0.1) is 0 Å². The van der Waals surface area contributed by atoms with Crippen LogP contribution in [0.25, 0.3) is 0 Å². The third kappa shape index (κ3) is 3.93. The number of oxime groups is 1. The Labute approximate surface area is 189 Å². The Balaban J connectivity index is 1.49. The molecule has 0 bridgehead atoms. The number of fused-ring (bicyclic) bond motifs is 1. The van der Waals surface area contributed by atoms with Crippen molar-refractivity contribution < 1.29 is 24.7 Å². The first-order valence-corrected chi connectivity index (χ1v) is 11.3. The molecule has 2 aromatic rings. The molecule has 1 saturated heterocycles. The van der Waals surface area contributed by atoms with Gasteiger partial charge in [-0.15, -0.1) is 16.9 Å². The van der Waals surface area contributed by atoms with Gasteiger partial charge in [0.25, 0.3) is 11.8 Å². The Bertz CT molecular complexity index is 1130. The maximum Gasteiger partial charge on any atom is 0.352 e. The van der Waals surface area contributed by atoms with Gasteiger partial charge >= 0.3 is 5.97 Å². The number of carboxylic acid groups (broad SMARTS) is 1. The Morgan fingerprint density at radius 2 is 2.09 bits per heavy atom. The number of carbonyl (C=O) groups excluding carboxylic acids is 2. The first-order valence-electron chi connectivity index (χ1n) is 9.26. The lowest BCUT2D eigenvalue weighted by Crippen LogP contribution is -2.71. The van der Waals surface area contributed by atoms with E-state index in [0.717, 1.165) is 0 Å². The van der Waals surface area contributed by atoms with Crippen molar-refractivity contribution >= 4 is 47.0 Å². The van der Waals surface area contributed by atoms with Gasteiger partial charge in [0.1, 0.15) is 17.1 Å². The predicted molar refractivity (Wildman–Crippen MR) is 114 cm³/mol. The molecule has 1 fully saturated rings. The van der Waals surface area contributed by atoms with E-state index in [0.29, 0.717) is 27.8 Å². The van der Waals surface area contributed by atoms with Crippen LogP contribution in [0.4, 0.5) is 0 Å². The van der Waals surface area contributed by atoms with E-state index in [4.69, 9.17) is 0 Å². The number of nitrogens with zero attached hydrogens (tertiary/aromatic N) is 6. The van der Waals surface area contributed by atoms with E-state index < -0.39 is 29.2 Å². The molecule has 0 saturated carbocycles. The number of rotatable bonds is 7. The molecule has 2 aliphatic heterocycles. The topological polar surface area (TPSA) is 163 Å². The minimum Gasteiger partial charge on any atom is -0.477 e. The molecule has 12 nitrogen and oxygen atoms in total. The van der Waals surface area contributed by atoms with Crippen molar-refractivity contribution in [3.8, 4) is 0 Å². The van der Waals surface area contributed by atoms with Gasteiger partial charge in [-0.2, -0.15) is 0 Å². The van der Waals surface area contributed by atoms with E-state index in [-0.39, 0.29) is 11.4 Å². The number of carbonyl (C=O) groups is 3. The van der Waals surface area contributed by atoms with E-state index in [9.17, 15) is 24.7 Å². The Morgan fingerprint density at radius 1 is 1.34 bits per heavy atom. The third-order valence-corrected chi connectivity index (χ3v) is 7.29. The molecule has 4 rings (SSSR count). The highest BCUT2D eigenvalue weighted by Crippen LogP contribution is 2.41. The van der Waals surface area contributed by atoms with Gasteiger partial charge in [-0.05, 0) is 16.0 Å². The fourth-order valence-corrected chi connectivity index (χ4v) is 5.66. The highest BCUT2D eigenvalue weighted by atomic mass is 32.2. The number of aliphatic carboxylic acids is 1. The number of aromatic nitrogens is 4. The fraction of sp³-hybridized carbons (Fsp3) is 0.278. The van der Waals surface area contributed by atoms with Gasteiger partial charge in [-0.25, -0.2) is 9.48 Å². The van der Waals surface area contributed by atoms with E-state index in [2.05, 4.69) is 26.0 Å². The van der Waals surface area contributed by atoms with Gasteiger partial charge in [-0.3, -0.25) is 14.5 Å². The number of β-lactam (4-membered cyclic amide) rings is 1. The van der Waals surface area contributed by atoms with Gasteiger partial charge in [0, 0.05) is 24.1 Å². The minimum absolute atomic E-state index is 0.0917. The van der Waals surface area contributed by atoms with Gasteiger partial charge < -0.3 is 15.6 Å². The van der Waals surface area contributed by atoms with Gasteiger partial charge in [0.15, 0.2) is 5.71 Å². The van der Waals surface area contributed by atoms with Crippen LogP contribution in [0.1, 0.15) is 5.56 Å². The second-order valence-electron chi connectivity index (χ2n) is 6.81. The van der Waals surface area contributed by atoms with Gasteiger partial charge in [-0.1, -0.05) is 47.2 Å². The van der Waals surface area contributed by atoms with Crippen LogP contribution in [0.2, 0.25) is 0 Å². The van der Waals surface area contributed by atoms with Crippen LogP contribution in [0.3, 0.4) is 0 Å². The van der Waals surface area contributed by atoms with Crippen molar-refractivity contribution in [1.82, 2.24) is 30.4 Å². The Kier molecular flexibility index (Phi) is 6.14. The summed E-state index contributed by atoms with van der Waals surface area (Å²) in [6.07, 6.45) is 0. The second kappa shape index (κ2) is 9.00. The maximum absolute atomic E-state index is 12.8. The summed E-state index contributed by atoms with van der Waals surface area (Å²) in [7, 11) is 1.67. The average Bonchev–Trinajstić information content (AvgIpc) is 3.21. The maximum atomic E-state index is 12.8. The fourth-order valence-electron chi connectivity index (χ4n) is 3.33. The first kappa shape index (κ1) is 21.8. The summed E-state index contributed by atoms with van der Waals surface area (Å²) in [5.74, 6) is -1.83. The molecule has 3 N–H and O–H groups in total. The molecule has 2 atom stereocenters. The molecular weight excluding hydrogens is 458 g/mol. The Hall–Kier alpha value is -3.39. The van der Waals surface area contributed by atoms with E-state index in [1.54, 1.807) is 37.4 Å². The number of hydrogen-bond donors (Lipinski definition) is 3. The summed E-state index contributed by atoms with van der Waals surface area (Å²) in [6, 6.07) is 7.38. The van der Waals surface area contributed by atoms with Crippen LogP contribution < -0.4 is 5.32 Å². The number of aryl methyl sites for hydroxylation is 1. The van der Waals surface area contributed by atoms with E-state index >= 15 is 0 Å². The van der Waals surface area contributed by atoms with Crippen molar-refractivity contribution in [3.63, 3.8) is 0 Å². The lowest BCUT2D eigenvalue weighted by atomic mass is 10.0. The molecule has 0 spiro atoms. The Morgan fingerprint density at radius 3 is 2.72 bits per heavy atom. The SMILES string of the molecule is Cn1nnnc1SCC1=C(C(=O)O)N2C(=O)[C@@H](NC(=O)/C(=N/O)c3ccccc3)[C@H]2SC1. The van der Waals surface area contributed by atoms with Crippen molar-refractivity contribution in [1.29, 1.82) is 0 Å². The monoisotopic (exact) mass is 475 g/mol. The van der Waals surface area contributed by atoms with Crippen LogP contribution >= 0.6 is 23.5 Å². The summed E-state index contributed by atoms with van der Waals surface area (Å²) >= 11 is 2.61. The zero-order chi connectivity index (χ0) is 22.8. The first-order chi connectivity index (χ1) is 15.4. The number of thioether (sulfide) groups is 2. The van der Waals surface area contributed by atoms with Crippen LogP contribution in [-0.2, 0) is 21.4 Å². The minimum atomic E-state index is -1.22. The standard InChI is InChI=1S/C18H17N7O5S2/c1-24-18(20-22-23-24)32-8-10-7-31-16-12(15(27)25(16)13(10)17(28)29)19-14(26)11(21-30)9-5-3-2-4-6-9/h2-6,12,16,30H,7-8H2,1H3,(H,19,26)(H,28,29)/b21-11+/t12-,16-/m1/s1. The molecule has 1 aromatic carbocycles. The molecular formula is C18H17N7O5S2. The molecule has 2 aliphatic rings. The molecule has 1 aromatic heterocycles. The van der Waals surface area contributed by atoms with E-state index in [1.807, 2.05) is 0 Å². The molecule has 3 heterocycles. The predicted octanol–water partition coefficient (Wildman–Crippen LogP) is -0.0807. The normalized spacial score (nSPS) is 20.6. The molecule has 2 amide bonds. The smallest absolute Gasteiger partial charge is 0.352 e. The summed E-state index contributed by atoms with van der Waals surface area (Å²) in [5.41, 5.74) is 0.620. The van der Waals surface area contributed by atoms with Crippen LogP contribution in [-0.4, -0.2) is 81.8 Å². The number of tetrazole rings is 1. The number of carboxylic acids is 1. The molecule has 0 aliphatic carbocycles. The molecule has 0 unspecified atom stereocenters. The van der Waals surface area contributed by atoms with Crippen LogP contribution in [0.15, 0.2) is 51.9 Å². The summed E-state index contributed by atoms with van der Waals surface area (Å²) in [4.78, 5) is 38.5. The molecule has 166 valence electrons. The zero-order valence-electron chi connectivity index (χ0n) is 16.6. The number of amides is 2. The average molecular weight is 476 g/mol. The van der Waals surface area contributed by atoms with Crippen molar-refractivity contribution in [2.75, 3.05) is 11.5 Å². The summed E-state index contributed by atoms with van der Waals surface area (Å²) in [6.45, 7) is 0. The highest BCUT2D eigenvalue weighted by molar-refractivity contribution is 8.01. The van der Waals surface area contributed by atoms with Crippen LogP contribution in [0, 0.1) is 0 Å². The van der Waals surface area contributed by atoms with Gasteiger partial charge in [0.2, 0.25) is 5.16 Å². The number of nitrogens with one attached hydrogen (secondary N) is 1. The zero-order valence-corrected chi connectivity index (χ0v) is 18.2. The quantitative estimate of drug-likeness (QED) is 0.162. The van der Waals surface area contributed by atoms with Crippen molar-refractivity contribution in [2.24, 2.45) is 12.2 Å². The highest BCUT2D eigenvalue weighted by Gasteiger charge is 2.54. The number of hydrogen-bond acceptors (Lipinski definition) is 10. The lowest BCUT2D eigenvalue weighted by Gasteiger charge is -2.49. The largest absolute Gasteiger partial charge is 0.477 e. The molecule has 32 heavy (non-hydrogen) atoms. The number of benzene rings is 1. The third-order valence-electron chi connectivity index (χ3n) is 4.86. The summed E-state index contributed by atoms with van der Waals surface area (Å²) < 4.78 is 1.47. The summed E-state index contributed by atoms with van der Waals surface area (Å²) in [5, 5.41) is 35.7. The second-order valence-corrected chi connectivity index (χ2v) is 8.85. The van der Waals surface area contributed by atoms with Crippen molar-refractivity contribution in [3.05, 3.63) is 47.2 Å². The molecule has 14 heteroatoms. The van der Waals surface area contributed by atoms with Crippen LogP contribution in [0.5, 0.6) is 0 Å². The van der Waals surface area contributed by atoms with Crippen molar-refractivity contribution in [2.45, 2.75) is 16.6 Å². The lowest BCUT2D eigenvalue weighted by molar-refractivity contribution is -0.150. The molecule has 0 radical (unpaired) electrons.